The third-order valence-corrected chi connectivity index (χ3v) is 5.97. The summed E-state index contributed by atoms with van der Waals surface area (Å²) in [4.78, 5) is 35.0. The second-order valence-corrected chi connectivity index (χ2v) is 8.79. The molecule has 0 saturated heterocycles. The molecule has 0 fully saturated rings. The predicted octanol–water partition coefficient (Wildman–Crippen LogP) is 6.94. The molecule has 0 atom stereocenters. The highest BCUT2D eigenvalue weighted by atomic mass is 19.1. The van der Waals surface area contributed by atoms with Gasteiger partial charge in [-0.05, 0) is 71.3 Å². The summed E-state index contributed by atoms with van der Waals surface area (Å²) in [6, 6.07) is 25.2. The van der Waals surface area contributed by atoms with Crippen molar-refractivity contribution < 1.29 is 33.0 Å². The zero-order valence-electron chi connectivity index (χ0n) is 22.5. The fourth-order valence-electron chi connectivity index (χ4n) is 3.76. The van der Waals surface area contributed by atoms with Crippen molar-refractivity contribution >= 4 is 17.7 Å². The summed E-state index contributed by atoms with van der Waals surface area (Å²) in [5.74, 6) is 4.55. The fraction of sp³-hybridized carbons (Fsp3) is 0.0571. The number of carbonyl (C=O) groups is 3. The fourth-order valence-corrected chi connectivity index (χ4v) is 3.76. The van der Waals surface area contributed by atoms with Crippen molar-refractivity contribution in [2.45, 2.75) is 6.42 Å². The summed E-state index contributed by atoms with van der Waals surface area (Å²) < 4.78 is 30.4. The van der Waals surface area contributed by atoms with Gasteiger partial charge in [-0.1, -0.05) is 67.5 Å². The first kappa shape index (κ1) is 29.2. The summed E-state index contributed by atoms with van der Waals surface area (Å²) in [5, 5.41) is 0. The summed E-state index contributed by atoms with van der Waals surface area (Å²) in [5.41, 5.74) is 3.57. The number of rotatable bonds is 10. The van der Waals surface area contributed by atoms with Crippen LogP contribution in [0.1, 0.15) is 22.3 Å². The SMILES string of the molecule is C=CC(=O)CC#Cc1ccc(-c2ccc(OC(=O)c3ccc(-c4ccc(OCOC(=O)C=C)cc4)cc3)cc2)c(F)c1. The van der Waals surface area contributed by atoms with Crippen molar-refractivity contribution in [3.8, 4) is 45.6 Å². The second-order valence-electron chi connectivity index (χ2n) is 8.79. The standard InChI is InChI=1S/C35H25FO6/c1-3-29(37)7-5-6-24-8-21-32(33(36)22-24)27-15-19-31(20-16-27)42-35(39)28-11-9-25(10-12-28)26-13-17-30(18-14-26)40-23-41-34(38)4-2/h3-4,8-22H,1-2,7,23H2. The van der Waals surface area contributed by atoms with Crippen LogP contribution in [0.5, 0.6) is 11.5 Å². The summed E-state index contributed by atoms with van der Waals surface area (Å²) in [6.45, 7) is 6.49. The Bertz CT molecular complexity index is 1680. The van der Waals surface area contributed by atoms with E-state index in [1.54, 1.807) is 72.8 Å². The van der Waals surface area contributed by atoms with Crippen molar-refractivity contribution in [2.24, 2.45) is 0 Å². The lowest BCUT2D eigenvalue weighted by Gasteiger charge is -2.09. The molecule has 208 valence electrons. The topological polar surface area (TPSA) is 78.9 Å². The number of carbonyl (C=O) groups excluding carboxylic acids is 3. The molecule has 4 aromatic carbocycles. The monoisotopic (exact) mass is 560 g/mol. The Morgan fingerprint density at radius 3 is 2.00 bits per heavy atom. The maximum Gasteiger partial charge on any atom is 0.343 e. The molecule has 0 heterocycles. The third-order valence-electron chi connectivity index (χ3n) is 5.97. The molecule has 0 spiro atoms. The average Bonchev–Trinajstić information content (AvgIpc) is 3.02. The molecule has 0 aliphatic rings. The van der Waals surface area contributed by atoms with Crippen LogP contribution in [0.15, 0.2) is 116 Å². The lowest BCUT2D eigenvalue weighted by atomic mass is 10.0. The first-order valence-electron chi connectivity index (χ1n) is 12.7. The van der Waals surface area contributed by atoms with Crippen LogP contribution in [0.4, 0.5) is 4.39 Å². The highest BCUT2D eigenvalue weighted by Crippen LogP contribution is 2.27. The Labute approximate surface area is 242 Å². The Balaban J connectivity index is 1.34. The minimum absolute atomic E-state index is 0.0278. The van der Waals surface area contributed by atoms with E-state index < -0.39 is 17.8 Å². The molecule has 0 aromatic heterocycles. The van der Waals surface area contributed by atoms with Gasteiger partial charge in [0.05, 0.1) is 12.0 Å². The van der Waals surface area contributed by atoms with Crippen molar-refractivity contribution in [3.05, 3.63) is 133 Å². The Morgan fingerprint density at radius 2 is 1.38 bits per heavy atom. The number of benzene rings is 4. The van der Waals surface area contributed by atoms with Crippen LogP contribution < -0.4 is 9.47 Å². The number of hydrogen-bond acceptors (Lipinski definition) is 6. The molecular formula is C35H25FO6. The molecule has 0 amide bonds. The van der Waals surface area contributed by atoms with E-state index in [0.717, 1.165) is 17.2 Å². The number of hydrogen-bond donors (Lipinski definition) is 0. The molecule has 6 nitrogen and oxygen atoms in total. The van der Waals surface area contributed by atoms with Crippen molar-refractivity contribution in [3.63, 3.8) is 0 Å². The van der Waals surface area contributed by atoms with Gasteiger partial charge in [0.1, 0.15) is 17.3 Å². The van der Waals surface area contributed by atoms with Crippen LogP contribution >= 0.6 is 0 Å². The Kier molecular flexibility index (Phi) is 9.79. The maximum absolute atomic E-state index is 14.7. The highest BCUT2D eigenvalue weighted by Gasteiger charge is 2.11. The molecule has 0 bridgehead atoms. The molecule has 42 heavy (non-hydrogen) atoms. The molecule has 0 aliphatic carbocycles. The van der Waals surface area contributed by atoms with Crippen molar-refractivity contribution in [1.29, 1.82) is 0 Å². The van der Waals surface area contributed by atoms with Gasteiger partial charge in [-0.2, -0.15) is 0 Å². The summed E-state index contributed by atoms with van der Waals surface area (Å²) in [6.07, 6.45) is 2.28. The first-order chi connectivity index (χ1) is 20.4. The molecule has 0 radical (unpaired) electrons. The molecule has 4 aromatic rings. The lowest BCUT2D eigenvalue weighted by molar-refractivity contribution is -0.144. The van der Waals surface area contributed by atoms with E-state index in [0.29, 0.717) is 33.8 Å². The van der Waals surface area contributed by atoms with E-state index in [1.807, 2.05) is 12.1 Å². The molecule has 0 N–H and O–H groups in total. The van der Waals surface area contributed by atoms with Crippen LogP contribution in [-0.4, -0.2) is 24.5 Å². The Morgan fingerprint density at radius 1 is 0.762 bits per heavy atom. The largest absolute Gasteiger partial charge is 0.457 e. The van der Waals surface area contributed by atoms with Gasteiger partial charge in [-0.25, -0.2) is 14.0 Å². The highest BCUT2D eigenvalue weighted by molar-refractivity contribution is 5.92. The van der Waals surface area contributed by atoms with Crippen LogP contribution in [0.25, 0.3) is 22.3 Å². The van der Waals surface area contributed by atoms with E-state index in [9.17, 15) is 18.8 Å². The molecule has 0 saturated carbocycles. The van der Waals surface area contributed by atoms with Gasteiger partial charge in [0, 0.05) is 17.2 Å². The van der Waals surface area contributed by atoms with E-state index >= 15 is 0 Å². The minimum Gasteiger partial charge on any atom is -0.457 e. The normalized spacial score (nSPS) is 10.0. The smallest absolute Gasteiger partial charge is 0.343 e. The van der Waals surface area contributed by atoms with Gasteiger partial charge in [0.2, 0.25) is 6.79 Å². The zero-order chi connectivity index (χ0) is 29.9. The van der Waals surface area contributed by atoms with Gasteiger partial charge in [0.25, 0.3) is 0 Å². The van der Waals surface area contributed by atoms with E-state index in [4.69, 9.17) is 14.2 Å². The number of esters is 2. The molecule has 7 heteroatoms. The van der Waals surface area contributed by atoms with E-state index in [2.05, 4.69) is 25.0 Å². The van der Waals surface area contributed by atoms with Crippen LogP contribution in [0, 0.1) is 17.7 Å². The minimum atomic E-state index is -0.567. The summed E-state index contributed by atoms with van der Waals surface area (Å²) >= 11 is 0. The number of ketones is 1. The lowest BCUT2D eigenvalue weighted by Crippen LogP contribution is -2.08. The second kappa shape index (κ2) is 14.1. The van der Waals surface area contributed by atoms with Gasteiger partial charge >= 0.3 is 11.9 Å². The molecule has 0 unspecified atom stereocenters. The van der Waals surface area contributed by atoms with Crippen molar-refractivity contribution in [2.75, 3.05) is 6.79 Å². The molecule has 0 aliphatic heterocycles. The van der Waals surface area contributed by atoms with Crippen LogP contribution in [0.2, 0.25) is 0 Å². The number of halogens is 1. The quantitative estimate of drug-likeness (QED) is 0.0687. The zero-order valence-corrected chi connectivity index (χ0v) is 22.5. The summed E-state index contributed by atoms with van der Waals surface area (Å²) in [7, 11) is 0. The van der Waals surface area contributed by atoms with Gasteiger partial charge in [0.15, 0.2) is 5.78 Å². The predicted molar refractivity (Wildman–Crippen MR) is 157 cm³/mol. The van der Waals surface area contributed by atoms with Gasteiger partial charge in [-0.15, -0.1) is 0 Å². The van der Waals surface area contributed by atoms with E-state index in [-0.39, 0.29) is 19.0 Å². The Hall–Kier alpha value is -5.74. The van der Waals surface area contributed by atoms with Gasteiger partial charge < -0.3 is 14.2 Å². The average molecular weight is 561 g/mol. The number of ether oxygens (including phenoxy) is 3. The van der Waals surface area contributed by atoms with Crippen LogP contribution in [0.3, 0.4) is 0 Å². The first-order valence-corrected chi connectivity index (χ1v) is 12.7. The maximum atomic E-state index is 14.7. The third kappa shape index (κ3) is 7.90. The van der Waals surface area contributed by atoms with Crippen molar-refractivity contribution in [1.82, 2.24) is 0 Å². The number of allylic oxidation sites excluding steroid dienone is 1. The van der Waals surface area contributed by atoms with Crippen LogP contribution in [-0.2, 0) is 14.3 Å². The molecule has 4 rings (SSSR count). The molecular weight excluding hydrogens is 535 g/mol. The van der Waals surface area contributed by atoms with Gasteiger partial charge in [-0.3, -0.25) is 4.79 Å². The van der Waals surface area contributed by atoms with E-state index in [1.165, 1.54) is 12.1 Å².